The molecule has 0 bridgehead atoms. The summed E-state index contributed by atoms with van der Waals surface area (Å²) < 4.78 is 23.9. The molecular weight excluding hydrogens is 381 g/mol. The van der Waals surface area contributed by atoms with Gasteiger partial charge in [-0.3, -0.25) is 0 Å². The van der Waals surface area contributed by atoms with E-state index in [0.29, 0.717) is 13.2 Å². The molecular formula is C23H36BNO5. The molecule has 1 aromatic rings. The average Bonchev–Trinajstić information content (AvgIpc) is 2.87. The lowest BCUT2D eigenvalue weighted by Gasteiger charge is -2.34. The van der Waals surface area contributed by atoms with Crippen molar-refractivity contribution in [3.8, 4) is 5.75 Å². The van der Waals surface area contributed by atoms with Gasteiger partial charge in [-0.25, -0.2) is 4.79 Å². The number of hydrogen-bond donors (Lipinski definition) is 0. The molecule has 0 aliphatic carbocycles. The minimum absolute atomic E-state index is 0.241. The second-order valence-corrected chi connectivity index (χ2v) is 10.4. The summed E-state index contributed by atoms with van der Waals surface area (Å²) in [6.45, 7) is 15.8. The van der Waals surface area contributed by atoms with Gasteiger partial charge in [0.2, 0.25) is 0 Å². The summed E-state index contributed by atoms with van der Waals surface area (Å²) in [6.07, 6.45) is 1.76. The van der Waals surface area contributed by atoms with Crippen LogP contribution in [0.15, 0.2) is 24.3 Å². The Labute approximate surface area is 181 Å². The summed E-state index contributed by atoms with van der Waals surface area (Å²) in [5.41, 5.74) is -0.275. The third kappa shape index (κ3) is 5.49. The van der Waals surface area contributed by atoms with E-state index < -0.39 is 12.7 Å². The summed E-state index contributed by atoms with van der Waals surface area (Å²) in [5, 5.41) is 0. The Morgan fingerprint density at radius 1 is 1.20 bits per heavy atom. The van der Waals surface area contributed by atoms with Gasteiger partial charge >= 0.3 is 13.2 Å². The van der Waals surface area contributed by atoms with E-state index in [4.69, 9.17) is 18.8 Å². The predicted molar refractivity (Wildman–Crippen MR) is 118 cm³/mol. The van der Waals surface area contributed by atoms with Crippen LogP contribution in [0.5, 0.6) is 5.75 Å². The van der Waals surface area contributed by atoms with Crippen molar-refractivity contribution in [3.63, 3.8) is 0 Å². The highest BCUT2D eigenvalue weighted by Gasteiger charge is 2.51. The molecule has 3 rings (SSSR count). The van der Waals surface area contributed by atoms with Crippen LogP contribution < -0.4 is 10.2 Å². The Balaban J connectivity index is 1.56. The molecule has 1 unspecified atom stereocenters. The molecule has 2 saturated heterocycles. The highest BCUT2D eigenvalue weighted by molar-refractivity contribution is 6.62. The van der Waals surface area contributed by atoms with E-state index in [9.17, 15) is 4.79 Å². The Morgan fingerprint density at radius 2 is 1.87 bits per heavy atom. The van der Waals surface area contributed by atoms with E-state index in [2.05, 4.69) is 0 Å². The molecule has 6 nitrogen and oxygen atoms in total. The van der Waals surface area contributed by atoms with E-state index in [1.54, 1.807) is 4.90 Å². The number of piperidine rings is 1. The van der Waals surface area contributed by atoms with E-state index >= 15 is 0 Å². The maximum atomic E-state index is 12.4. The first kappa shape index (κ1) is 22.9. The first-order valence-corrected chi connectivity index (χ1v) is 10.9. The van der Waals surface area contributed by atoms with E-state index in [1.165, 1.54) is 0 Å². The fourth-order valence-corrected chi connectivity index (χ4v) is 3.64. The number of carbonyl (C=O) groups excluding carboxylic acids is 1. The van der Waals surface area contributed by atoms with Gasteiger partial charge in [-0.1, -0.05) is 12.1 Å². The second-order valence-electron chi connectivity index (χ2n) is 10.4. The fourth-order valence-electron chi connectivity index (χ4n) is 3.64. The summed E-state index contributed by atoms with van der Waals surface area (Å²) in [6, 6.07) is 7.89. The van der Waals surface area contributed by atoms with Crippen LogP contribution in [0.4, 0.5) is 4.79 Å². The van der Waals surface area contributed by atoms with Crippen LogP contribution in [0.25, 0.3) is 0 Å². The van der Waals surface area contributed by atoms with Crippen LogP contribution in [0.2, 0.25) is 0 Å². The SMILES string of the molecule is CC(C)(C)OC(=O)N1CCCC(COc2cccc(B3OC(C)(C)C(C)(C)O3)c2)C1. The zero-order valence-electron chi connectivity index (χ0n) is 19.5. The number of hydrogen-bond acceptors (Lipinski definition) is 5. The van der Waals surface area contributed by atoms with Crippen LogP contribution in [-0.2, 0) is 14.0 Å². The third-order valence-electron chi connectivity index (χ3n) is 6.04. The number of likely N-dealkylation sites (tertiary alicyclic amines) is 1. The first-order chi connectivity index (χ1) is 13.9. The molecule has 2 aliphatic heterocycles. The third-order valence-corrected chi connectivity index (χ3v) is 6.04. The Kier molecular flexibility index (Phi) is 6.45. The van der Waals surface area contributed by atoms with E-state index in [-0.39, 0.29) is 23.2 Å². The lowest BCUT2D eigenvalue weighted by molar-refractivity contribution is 0.00578. The minimum Gasteiger partial charge on any atom is -0.493 e. The molecule has 0 aromatic heterocycles. The second kappa shape index (κ2) is 8.43. The molecule has 2 aliphatic rings. The number of ether oxygens (including phenoxy) is 2. The van der Waals surface area contributed by atoms with Crippen LogP contribution in [0, 0.1) is 5.92 Å². The zero-order chi connectivity index (χ0) is 22.2. The van der Waals surface area contributed by atoms with Crippen LogP contribution in [0.1, 0.15) is 61.3 Å². The monoisotopic (exact) mass is 417 g/mol. The van der Waals surface area contributed by atoms with Crippen molar-refractivity contribution in [1.82, 2.24) is 4.90 Å². The molecule has 0 radical (unpaired) electrons. The van der Waals surface area contributed by atoms with Crippen molar-refractivity contribution >= 4 is 18.7 Å². The lowest BCUT2D eigenvalue weighted by Crippen LogP contribution is -2.44. The molecule has 166 valence electrons. The average molecular weight is 417 g/mol. The molecule has 0 saturated carbocycles. The summed E-state index contributed by atoms with van der Waals surface area (Å²) in [4.78, 5) is 14.2. The smallest absolute Gasteiger partial charge is 0.493 e. The van der Waals surface area contributed by atoms with Crippen molar-refractivity contribution in [2.24, 2.45) is 5.92 Å². The summed E-state index contributed by atoms with van der Waals surface area (Å²) in [5.74, 6) is 1.07. The molecule has 1 amide bonds. The van der Waals surface area contributed by atoms with Crippen LogP contribution in [0.3, 0.4) is 0 Å². The molecule has 2 heterocycles. The topological polar surface area (TPSA) is 57.2 Å². The molecule has 7 heteroatoms. The van der Waals surface area contributed by atoms with Gasteiger partial charge in [-0.2, -0.15) is 0 Å². The van der Waals surface area contributed by atoms with Crippen molar-refractivity contribution in [1.29, 1.82) is 0 Å². The maximum absolute atomic E-state index is 12.4. The summed E-state index contributed by atoms with van der Waals surface area (Å²) in [7, 11) is -0.407. The quantitative estimate of drug-likeness (QED) is 0.693. The maximum Gasteiger partial charge on any atom is 0.494 e. The van der Waals surface area contributed by atoms with Crippen molar-refractivity contribution < 1.29 is 23.6 Å². The van der Waals surface area contributed by atoms with Gasteiger partial charge in [0.15, 0.2) is 0 Å². The summed E-state index contributed by atoms with van der Waals surface area (Å²) >= 11 is 0. The van der Waals surface area contributed by atoms with Gasteiger partial charge in [0.25, 0.3) is 0 Å². The number of amides is 1. The van der Waals surface area contributed by atoms with Gasteiger partial charge in [0, 0.05) is 19.0 Å². The van der Waals surface area contributed by atoms with E-state index in [1.807, 2.05) is 72.7 Å². The zero-order valence-corrected chi connectivity index (χ0v) is 19.5. The van der Waals surface area contributed by atoms with E-state index in [0.717, 1.165) is 30.6 Å². The molecule has 0 spiro atoms. The Morgan fingerprint density at radius 3 is 2.50 bits per heavy atom. The first-order valence-electron chi connectivity index (χ1n) is 10.9. The van der Waals surface area contributed by atoms with Gasteiger partial charge in [0.05, 0.1) is 17.8 Å². The van der Waals surface area contributed by atoms with Crippen LogP contribution in [-0.4, -0.2) is 54.6 Å². The minimum atomic E-state index is -0.478. The largest absolute Gasteiger partial charge is 0.494 e. The van der Waals surface area contributed by atoms with Crippen LogP contribution >= 0.6 is 0 Å². The number of rotatable bonds is 4. The van der Waals surface area contributed by atoms with Gasteiger partial charge in [-0.05, 0) is 78.9 Å². The van der Waals surface area contributed by atoms with Gasteiger partial charge in [-0.15, -0.1) is 0 Å². The molecule has 0 N–H and O–H groups in total. The normalized spacial score (nSPS) is 23.4. The Bertz CT molecular complexity index is 742. The Hall–Kier alpha value is -1.73. The molecule has 1 aromatic carbocycles. The molecule has 30 heavy (non-hydrogen) atoms. The van der Waals surface area contributed by atoms with Gasteiger partial charge in [0.1, 0.15) is 11.4 Å². The van der Waals surface area contributed by atoms with Crippen molar-refractivity contribution in [2.75, 3.05) is 19.7 Å². The molecule has 2 fully saturated rings. The fraction of sp³-hybridized carbons (Fsp3) is 0.696. The van der Waals surface area contributed by atoms with Crippen molar-refractivity contribution in [3.05, 3.63) is 24.3 Å². The highest BCUT2D eigenvalue weighted by Crippen LogP contribution is 2.36. The van der Waals surface area contributed by atoms with Crippen molar-refractivity contribution in [2.45, 2.75) is 78.1 Å². The highest BCUT2D eigenvalue weighted by atomic mass is 16.7. The number of carbonyl (C=O) groups is 1. The van der Waals surface area contributed by atoms with Gasteiger partial charge < -0.3 is 23.7 Å². The lowest BCUT2D eigenvalue weighted by atomic mass is 9.79. The predicted octanol–water partition coefficient (Wildman–Crippen LogP) is 4.01. The number of nitrogens with zero attached hydrogens (tertiary/aromatic N) is 1. The molecule has 1 atom stereocenters. The number of benzene rings is 1. The standard InChI is InChI=1S/C23H36BNO5/c1-21(2,3)28-20(26)25-13-9-10-17(15-25)16-27-19-12-8-11-18(14-19)24-29-22(4,5)23(6,7)30-24/h8,11-12,14,17H,9-10,13,15-16H2,1-7H3.